The van der Waals surface area contributed by atoms with Gasteiger partial charge in [0, 0.05) is 6.08 Å². The molecule has 0 unspecified atom stereocenters. The maximum Gasteiger partial charge on any atom is 0.409 e. The minimum atomic E-state index is -4.30. The fourth-order valence-corrected chi connectivity index (χ4v) is 2.41. The first-order valence-electron chi connectivity index (χ1n) is 6.21. The predicted octanol–water partition coefficient (Wildman–Crippen LogP) is 5.57. The van der Waals surface area contributed by atoms with E-state index >= 15 is 0 Å². The average molecular weight is 272 g/mol. The van der Waals surface area contributed by atoms with Crippen LogP contribution in [0.25, 0.3) is 27.6 Å². The van der Waals surface area contributed by atoms with Crippen LogP contribution in [-0.4, -0.2) is 6.18 Å². The standard InChI is InChI=1S/C17H11F3/c18-17(19,20)10-9-13-11-12-5-1-2-6-14(12)16-8-4-3-7-15(13)16/h1-11H. The number of allylic oxidation sites excluding steroid dienone is 1. The molecule has 3 aromatic rings. The Hall–Kier alpha value is -2.29. The third-order valence-corrected chi connectivity index (χ3v) is 3.25. The van der Waals surface area contributed by atoms with E-state index in [0.717, 1.165) is 27.6 Å². The van der Waals surface area contributed by atoms with Crippen molar-refractivity contribution in [3.8, 4) is 0 Å². The SMILES string of the molecule is FC(F)(F)C=Cc1cc2ccccc2c2ccccc12. The van der Waals surface area contributed by atoms with E-state index in [1.165, 1.54) is 0 Å². The molecular formula is C17H11F3. The van der Waals surface area contributed by atoms with Crippen LogP contribution in [0.5, 0.6) is 0 Å². The molecule has 0 radical (unpaired) electrons. The molecule has 0 amide bonds. The van der Waals surface area contributed by atoms with E-state index < -0.39 is 6.18 Å². The lowest BCUT2D eigenvalue weighted by Crippen LogP contribution is -2.00. The molecule has 0 N–H and O–H groups in total. The first kappa shape index (κ1) is 12.7. The van der Waals surface area contributed by atoms with Gasteiger partial charge in [-0.25, -0.2) is 0 Å². The van der Waals surface area contributed by atoms with Crippen LogP contribution >= 0.6 is 0 Å². The van der Waals surface area contributed by atoms with Crippen molar-refractivity contribution >= 4 is 27.6 Å². The zero-order chi connectivity index (χ0) is 14.2. The molecule has 0 bridgehead atoms. The van der Waals surface area contributed by atoms with Crippen LogP contribution in [0.2, 0.25) is 0 Å². The van der Waals surface area contributed by atoms with Crippen molar-refractivity contribution in [3.63, 3.8) is 0 Å². The Balaban J connectivity index is 2.32. The summed E-state index contributed by atoms with van der Waals surface area (Å²) in [6.07, 6.45) is -2.88. The largest absolute Gasteiger partial charge is 0.409 e. The second-order valence-corrected chi connectivity index (χ2v) is 4.61. The number of halogens is 3. The fraction of sp³-hybridized carbons (Fsp3) is 0.0588. The van der Waals surface area contributed by atoms with Crippen LogP contribution in [0.4, 0.5) is 13.2 Å². The molecule has 0 fully saturated rings. The average Bonchev–Trinajstić information content (AvgIpc) is 2.44. The summed E-state index contributed by atoms with van der Waals surface area (Å²) in [7, 11) is 0. The molecule has 0 nitrogen and oxygen atoms in total. The van der Waals surface area contributed by atoms with Gasteiger partial charge in [0.2, 0.25) is 0 Å². The highest BCUT2D eigenvalue weighted by Gasteiger charge is 2.22. The Morgan fingerprint density at radius 3 is 2.05 bits per heavy atom. The molecule has 0 spiro atoms. The molecule has 20 heavy (non-hydrogen) atoms. The van der Waals surface area contributed by atoms with Gasteiger partial charge in [-0.15, -0.1) is 0 Å². The van der Waals surface area contributed by atoms with Crippen molar-refractivity contribution in [2.75, 3.05) is 0 Å². The molecular weight excluding hydrogens is 261 g/mol. The summed E-state index contributed by atoms with van der Waals surface area (Å²) in [5.41, 5.74) is 0.580. The minimum Gasteiger partial charge on any atom is -0.167 e. The Bertz CT molecular complexity index is 798. The lowest BCUT2D eigenvalue weighted by Gasteiger charge is -2.08. The van der Waals surface area contributed by atoms with Gasteiger partial charge in [0.15, 0.2) is 0 Å². The van der Waals surface area contributed by atoms with Crippen LogP contribution in [0.1, 0.15) is 5.56 Å². The summed E-state index contributed by atoms with van der Waals surface area (Å²) in [6, 6.07) is 17.0. The van der Waals surface area contributed by atoms with Crippen LogP contribution in [0.3, 0.4) is 0 Å². The predicted molar refractivity (Wildman–Crippen MR) is 76.5 cm³/mol. The lowest BCUT2D eigenvalue weighted by molar-refractivity contribution is -0.0790. The van der Waals surface area contributed by atoms with E-state index in [-0.39, 0.29) is 6.08 Å². The van der Waals surface area contributed by atoms with E-state index in [4.69, 9.17) is 0 Å². The third-order valence-electron chi connectivity index (χ3n) is 3.25. The summed E-state index contributed by atoms with van der Waals surface area (Å²) in [5, 5.41) is 3.78. The molecule has 0 aliphatic rings. The van der Waals surface area contributed by atoms with Crippen LogP contribution in [-0.2, 0) is 0 Å². The Morgan fingerprint density at radius 1 is 0.750 bits per heavy atom. The van der Waals surface area contributed by atoms with Gasteiger partial charge in [0.05, 0.1) is 0 Å². The Labute approximate surface area is 114 Å². The first-order valence-corrected chi connectivity index (χ1v) is 6.21. The van der Waals surface area contributed by atoms with Crippen molar-refractivity contribution < 1.29 is 13.2 Å². The Kier molecular flexibility index (Phi) is 2.97. The van der Waals surface area contributed by atoms with Gasteiger partial charge in [-0.3, -0.25) is 0 Å². The number of alkyl halides is 3. The summed E-state index contributed by atoms with van der Waals surface area (Å²) >= 11 is 0. The summed E-state index contributed by atoms with van der Waals surface area (Å²) < 4.78 is 37.1. The summed E-state index contributed by atoms with van der Waals surface area (Å²) in [4.78, 5) is 0. The van der Waals surface area contributed by atoms with Crippen molar-refractivity contribution in [3.05, 3.63) is 66.2 Å². The van der Waals surface area contributed by atoms with Crippen LogP contribution < -0.4 is 0 Å². The van der Waals surface area contributed by atoms with Gasteiger partial charge in [-0.05, 0) is 39.3 Å². The van der Waals surface area contributed by atoms with Crippen molar-refractivity contribution in [2.45, 2.75) is 6.18 Å². The number of rotatable bonds is 1. The zero-order valence-corrected chi connectivity index (χ0v) is 10.5. The highest BCUT2D eigenvalue weighted by molar-refractivity contribution is 6.10. The molecule has 0 heterocycles. The zero-order valence-electron chi connectivity index (χ0n) is 10.5. The van der Waals surface area contributed by atoms with E-state index in [9.17, 15) is 13.2 Å². The summed E-state index contributed by atoms with van der Waals surface area (Å²) in [6.45, 7) is 0. The van der Waals surface area contributed by atoms with E-state index in [1.807, 2.05) is 48.5 Å². The molecule has 100 valence electrons. The Morgan fingerprint density at radius 2 is 1.35 bits per heavy atom. The quantitative estimate of drug-likeness (QED) is 0.508. The molecule has 0 saturated carbocycles. The molecule has 0 aromatic heterocycles. The maximum absolute atomic E-state index is 12.4. The van der Waals surface area contributed by atoms with E-state index in [1.54, 1.807) is 6.07 Å². The fourth-order valence-electron chi connectivity index (χ4n) is 2.41. The molecule has 3 heteroatoms. The van der Waals surface area contributed by atoms with Gasteiger partial charge in [0.1, 0.15) is 0 Å². The highest BCUT2D eigenvalue weighted by Crippen LogP contribution is 2.30. The van der Waals surface area contributed by atoms with Gasteiger partial charge in [-0.2, -0.15) is 13.2 Å². The molecule has 3 rings (SSSR count). The molecule has 0 atom stereocenters. The number of fused-ring (bicyclic) bond motifs is 3. The van der Waals surface area contributed by atoms with Crippen molar-refractivity contribution in [1.29, 1.82) is 0 Å². The number of benzene rings is 3. The lowest BCUT2D eigenvalue weighted by atomic mass is 9.97. The van der Waals surface area contributed by atoms with Gasteiger partial charge >= 0.3 is 6.18 Å². The minimum absolute atomic E-state index is 0.281. The van der Waals surface area contributed by atoms with Crippen LogP contribution in [0, 0.1) is 0 Å². The second kappa shape index (κ2) is 4.67. The second-order valence-electron chi connectivity index (χ2n) is 4.61. The van der Waals surface area contributed by atoms with Gasteiger partial charge in [0.25, 0.3) is 0 Å². The van der Waals surface area contributed by atoms with E-state index in [2.05, 4.69) is 0 Å². The van der Waals surface area contributed by atoms with Gasteiger partial charge < -0.3 is 0 Å². The third kappa shape index (κ3) is 2.39. The first-order chi connectivity index (χ1) is 9.54. The molecule has 0 saturated heterocycles. The topological polar surface area (TPSA) is 0 Å². The van der Waals surface area contributed by atoms with Gasteiger partial charge in [-0.1, -0.05) is 48.5 Å². The highest BCUT2D eigenvalue weighted by atomic mass is 19.4. The summed E-state index contributed by atoms with van der Waals surface area (Å²) in [5.74, 6) is 0. The van der Waals surface area contributed by atoms with Crippen molar-refractivity contribution in [2.24, 2.45) is 0 Å². The maximum atomic E-state index is 12.4. The smallest absolute Gasteiger partial charge is 0.167 e. The normalized spacial score (nSPS) is 12.6. The number of hydrogen-bond acceptors (Lipinski definition) is 0. The van der Waals surface area contributed by atoms with Crippen molar-refractivity contribution in [1.82, 2.24) is 0 Å². The van der Waals surface area contributed by atoms with Crippen LogP contribution in [0.15, 0.2) is 60.7 Å². The molecule has 0 aliphatic carbocycles. The molecule has 0 aliphatic heterocycles. The molecule has 3 aromatic carbocycles. The van der Waals surface area contributed by atoms with E-state index in [0.29, 0.717) is 5.56 Å². The number of hydrogen-bond donors (Lipinski definition) is 0. The monoisotopic (exact) mass is 272 g/mol.